The number of hydrogen-bond donors (Lipinski definition) is 0. The van der Waals surface area contributed by atoms with Gasteiger partial charge in [0.1, 0.15) is 17.6 Å². The first kappa shape index (κ1) is 16.9. The Balaban J connectivity index is 1.49. The summed E-state index contributed by atoms with van der Waals surface area (Å²) in [6, 6.07) is 9.26. The van der Waals surface area contributed by atoms with Crippen molar-refractivity contribution in [2.75, 3.05) is 13.1 Å². The van der Waals surface area contributed by atoms with E-state index in [4.69, 9.17) is 9.15 Å². The highest BCUT2D eigenvalue weighted by Gasteiger charge is 2.36. The van der Waals surface area contributed by atoms with Gasteiger partial charge in [-0.2, -0.15) is 0 Å². The van der Waals surface area contributed by atoms with Crippen molar-refractivity contribution in [3.63, 3.8) is 0 Å². The standard InChI is InChI=1S/C21H23NO4/c1-13-5-7-18-16(10-13)17(23)11-20(26-18)15-4-3-9-22(12-15)21(24)19-8-6-14(2)25-19/h5-8,10,15,20H,3-4,9,11-12H2,1-2H3/t15-,20-/m0/s1. The van der Waals surface area contributed by atoms with Gasteiger partial charge in [0.2, 0.25) is 0 Å². The molecule has 1 amide bonds. The number of carbonyl (C=O) groups excluding carboxylic acids is 2. The summed E-state index contributed by atoms with van der Waals surface area (Å²) in [4.78, 5) is 27.0. The smallest absolute Gasteiger partial charge is 0.289 e. The van der Waals surface area contributed by atoms with Gasteiger partial charge in [-0.1, -0.05) is 11.6 Å². The first-order valence-electron chi connectivity index (χ1n) is 9.17. The SMILES string of the molecule is Cc1ccc2c(c1)C(=O)C[C@@H]([C@H]1CCCN(C(=O)c3ccc(C)o3)C1)O2. The minimum Gasteiger partial charge on any atom is -0.489 e. The fourth-order valence-corrected chi connectivity index (χ4v) is 3.93. The van der Waals surface area contributed by atoms with E-state index in [0.29, 0.717) is 36.6 Å². The summed E-state index contributed by atoms with van der Waals surface area (Å²) in [5, 5.41) is 0. The molecule has 2 aromatic rings. The van der Waals surface area contributed by atoms with Gasteiger partial charge in [0.25, 0.3) is 5.91 Å². The van der Waals surface area contributed by atoms with Crippen LogP contribution in [0, 0.1) is 19.8 Å². The lowest BCUT2D eigenvalue weighted by atomic mass is 9.86. The third kappa shape index (κ3) is 3.14. The van der Waals surface area contributed by atoms with Crippen molar-refractivity contribution in [3.8, 4) is 5.75 Å². The molecule has 0 bridgehead atoms. The van der Waals surface area contributed by atoms with Crippen LogP contribution in [0.25, 0.3) is 0 Å². The average Bonchev–Trinajstić information content (AvgIpc) is 3.08. The molecule has 1 saturated heterocycles. The van der Waals surface area contributed by atoms with E-state index < -0.39 is 0 Å². The van der Waals surface area contributed by atoms with Gasteiger partial charge in [0.05, 0.1) is 5.56 Å². The third-order valence-corrected chi connectivity index (χ3v) is 5.32. The van der Waals surface area contributed by atoms with Crippen LogP contribution in [-0.2, 0) is 0 Å². The molecule has 5 nitrogen and oxygen atoms in total. The second kappa shape index (κ2) is 6.63. The van der Waals surface area contributed by atoms with Crippen molar-refractivity contribution in [2.24, 2.45) is 5.92 Å². The Hall–Kier alpha value is -2.56. The predicted octanol–water partition coefficient (Wildman–Crippen LogP) is 3.78. The Labute approximate surface area is 152 Å². The summed E-state index contributed by atoms with van der Waals surface area (Å²) < 4.78 is 11.6. The minimum atomic E-state index is -0.174. The Morgan fingerprint density at radius 1 is 1.19 bits per heavy atom. The number of carbonyl (C=O) groups is 2. The minimum absolute atomic E-state index is 0.0824. The van der Waals surface area contributed by atoms with Gasteiger partial charge in [0, 0.05) is 25.4 Å². The topological polar surface area (TPSA) is 59.8 Å². The van der Waals surface area contributed by atoms with E-state index in [2.05, 4.69) is 0 Å². The van der Waals surface area contributed by atoms with Crippen LogP contribution in [0.1, 0.15) is 51.5 Å². The number of piperidine rings is 1. The summed E-state index contributed by atoms with van der Waals surface area (Å²) in [6.45, 7) is 5.11. The predicted molar refractivity (Wildman–Crippen MR) is 96.6 cm³/mol. The summed E-state index contributed by atoms with van der Waals surface area (Å²) in [6.07, 6.45) is 2.07. The van der Waals surface area contributed by atoms with Crippen LogP contribution in [0.3, 0.4) is 0 Å². The highest BCUT2D eigenvalue weighted by molar-refractivity contribution is 6.00. The Morgan fingerprint density at radius 3 is 2.81 bits per heavy atom. The lowest BCUT2D eigenvalue weighted by molar-refractivity contribution is 0.0391. The van der Waals surface area contributed by atoms with Crippen LogP contribution >= 0.6 is 0 Å². The third-order valence-electron chi connectivity index (χ3n) is 5.32. The second-order valence-corrected chi connectivity index (χ2v) is 7.35. The van der Waals surface area contributed by atoms with Crippen LogP contribution in [-0.4, -0.2) is 35.8 Å². The average molecular weight is 353 g/mol. The fourth-order valence-electron chi connectivity index (χ4n) is 3.93. The van der Waals surface area contributed by atoms with Crippen molar-refractivity contribution in [3.05, 3.63) is 53.0 Å². The number of amides is 1. The number of nitrogens with zero attached hydrogens (tertiary/aromatic N) is 1. The molecule has 0 unspecified atom stereocenters. The number of benzene rings is 1. The highest BCUT2D eigenvalue weighted by Crippen LogP contribution is 2.34. The zero-order valence-electron chi connectivity index (χ0n) is 15.2. The van der Waals surface area contributed by atoms with Gasteiger partial charge in [-0.15, -0.1) is 0 Å². The molecule has 5 heteroatoms. The van der Waals surface area contributed by atoms with E-state index in [9.17, 15) is 9.59 Å². The first-order valence-corrected chi connectivity index (χ1v) is 9.17. The van der Waals surface area contributed by atoms with Gasteiger partial charge in [0.15, 0.2) is 11.5 Å². The van der Waals surface area contributed by atoms with Crippen molar-refractivity contribution < 1.29 is 18.7 Å². The molecule has 0 N–H and O–H groups in total. The zero-order valence-corrected chi connectivity index (χ0v) is 15.2. The molecule has 1 aromatic heterocycles. The lowest BCUT2D eigenvalue weighted by Gasteiger charge is -2.38. The summed E-state index contributed by atoms with van der Waals surface area (Å²) in [5.41, 5.74) is 1.73. The molecule has 2 aliphatic rings. The number of ether oxygens (including phenoxy) is 1. The molecule has 2 aliphatic heterocycles. The highest BCUT2D eigenvalue weighted by atomic mass is 16.5. The Morgan fingerprint density at radius 2 is 2.04 bits per heavy atom. The summed E-state index contributed by atoms with van der Waals surface area (Å²) >= 11 is 0. The number of hydrogen-bond acceptors (Lipinski definition) is 4. The summed E-state index contributed by atoms with van der Waals surface area (Å²) in [7, 11) is 0. The van der Waals surface area contributed by atoms with Crippen LogP contribution < -0.4 is 4.74 Å². The maximum Gasteiger partial charge on any atom is 0.289 e. The van der Waals surface area contributed by atoms with Crippen molar-refractivity contribution in [1.82, 2.24) is 4.90 Å². The molecule has 0 radical (unpaired) electrons. The first-order chi connectivity index (χ1) is 12.5. The van der Waals surface area contributed by atoms with Crippen molar-refractivity contribution in [2.45, 2.75) is 39.2 Å². The number of fused-ring (bicyclic) bond motifs is 1. The molecule has 26 heavy (non-hydrogen) atoms. The quantitative estimate of drug-likeness (QED) is 0.824. The molecule has 3 heterocycles. The number of ketones is 1. The number of Topliss-reactive ketones (excluding diaryl/α,β-unsaturated/α-hetero) is 1. The molecule has 4 rings (SSSR count). The van der Waals surface area contributed by atoms with E-state index in [1.54, 1.807) is 12.1 Å². The molecule has 0 spiro atoms. The van der Waals surface area contributed by atoms with Crippen molar-refractivity contribution >= 4 is 11.7 Å². The fraction of sp³-hybridized carbons (Fsp3) is 0.429. The van der Waals surface area contributed by atoms with Gasteiger partial charge in [-0.25, -0.2) is 0 Å². The second-order valence-electron chi connectivity index (χ2n) is 7.35. The van der Waals surface area contributed by atoms with Crippen LogP contribution in [0.5, 0.6) is 5.75 Å². The molecule has 0 saturated carbocycles. The molecular weight excluding hydrogens is 330 g/mol. The maximum absolute atomic E-state index is 12.7. The van der Waals surface area contributed by atoms with Gasteiger partial charge < -0.3 is 14.1 Å². The van der Waals surface area contributed by atoms with E-state index in [0.717, 1.165) is 24.2 Å². The summed E-state index contributed by atoms with van der Waals surface area (Å²) in [5.74, 6) is 1.98. The number of rotatable bonds is 2. The Kier molecular flexibility index (Phi) is 4.31. The molecule has 0 aliphatic carbocycles. The maximum atomic E-state index is 12.7. The molecule has 1 aromatic carbocycles. The van der Waals surface area contributed by atoms with Gasteiger partial charge in [-0.05, 0) is 51.0 Å². The molecule has 136 valence electrons. The van der Waals surface area contributed by atoms with Crippen molar-refractivity contribution in [1.29, 1.82) is 0 Å². The van der Waals surface area contributed by atoms with Crippen LogP contribution in [0.4, 0.5) is 0 Å². The van der Waals surface area contributed by atoms with E-state index in [1.807, 2.05) is 36.9 Å². The van der Waals surface area contributed by atoms with Gasteiger partial charge in [-0.3, -0.25) is 9.59 Å². The molecule has 1 fully saturated rings. The van der Waals surface area contributed by atoms with E-state index >= 15 is 0 Å². The molecule has 2 atom stereocenters. The Bertz CT molecular complexity index is 853. The normalized spacial score (nSPS) is 22.7. The van der Waals surface area contributed by atoms with E-state index in [-0.39, 0.29) is 23.7 Å². The molecular formula is C21H23NO4. The van der Waals surface area contributed by atoms with Crippen LogP contribution in [0.15, 0.2) is 34.7 Å². The van der Waals surface area contributed by atoms with E-state index in [1.165, 1.54) is 0 Å². The monoisotopic (exact) mass is 353 g/mol. The number of aryl methyl sites for hydroxylation is 2. The van der Waals surface area contributed by atoms with Gasteiger partial charge >= 0.3 is 0 Å². The largest absolute Gasteiger partial charge is 0.489 e. The zero-order chi connectivity index (χ0) is 18.3. The van der Waals surface area contributed by atoms with Crippen LogP contribution in [0.2, 0.25) is 0 Å². The number of furan rings is 1. The number of likely N-dealkylation sites (tertiary alicyclic amines) is 1. The lowest BCUT2D eigenvalue weighted by Crippen LogP contribution is -2.46.